The Morgan fingerprint density at radius 2 is 1.71 bits per heavy atom. The summed E-state index contributed by atoms with van der Waals surface area (Å²) >= 11 is 12.0. The Bertz CT molecular complexity index is 1020. The topological polar surface area (TPSA) is 77.9 Å². The van der Waals surface area contributed by atoms with Gasteiger partial charge in [-0.1, -0.05) is 35.3 Å². The van der Waals surface area contributed by atoms with Gasteiger partial charge >= 0.3 is 5.97 Å². The second kappa shape index (κ2) is 8.53. The minimum atomic E-state index is -3.67. The summed E-state index contributed by atoms with van der Waals surface area (Å²) in [5, 5.41) is 9.66. The van der Waals surface area contributed by atoms with Gasteiger partial charge in [-0.05, 0) is 42.0 Å². The number of hydrogen-bond acceptors (Lipinski definition) is 4. The molecule has 0 saturated carbocycles. The van der Waals surface area contributed by atoms with Crippen LogP contribution in [0.5, 0.6) is 0 Å². The Balaban J connectivity index is 1.73. The Morgan fingerprint density at radius 3 is 2.36 bits per heavy atom. The van der Waals surface area contributed by atoms with Crippen molar-refractivity contribution >= 4 is 51.0 Å². The molecular formula is C19H18Cl2N2O4S. The first-order valence-electron chi connectivity index (χ1n) is 8.48. The fraction of sp³-hybridized carbons (Fsp3) is 0.211. The Labute approximate surface area is 173 Å². The monoisotopic (exact) mass is 440 g/mol. The van der Waals surface area contributed by atoms with Crippen molar-refractivity contribution in [2.75, 3.05) is 31.1 Å². The Kier molecular flexibility index (Phi) is 6.30. The predicted octanol–water partition coefficient (Wildman–Crippen LogP) is 3.60. The molecule has 1 aliphatic heterocycles. The average Bonchev–Trinajstić information content (AvgIpc) is 2.69. The van der Waals surface area contributed by atoms with E-state index in [1.54, 1.807) is 24.3 Å². The van der Waals surface area contributed by atoms with Crippen LogP contribution in [0.25, 0.3) is 6.08 Å². The van der Waals surface area contributed by atoms with Gasteiger partial charge in [0.25, 0.3) is 0 Å². The van der Waals surface area contributed by atoms with Gasteiger partial charge in [0.15, 0.2) is 0 Å². The number of nitrogens with zero attached hydrogens (tertiary/aromatic N) is 2. The van der Waals surface area contributed by atoms with Gasteiger partial charge in [0.05, 0.1) is 14.9 Å². The molecule has 3 rings (SSSR count). The van der Waals surface area contributed by atoms with Crippen LogP contribution in [-0.2, 0) is 14.8 Å². The van der Waals surface area contributed by atoms with E-state index in [9.17, 15) is 13.2 Å². The molecule has 2 aromatic rings. The summed E-state index contributed by atoms with van der Waals surface area (Å²) in [6, 6.07) is 11.6. The molecule has 0 aliphatic carbocycles. The van der Waals surface area contributed by atoms with E-state index in [0.29, 0.717) is 41.8 Å². The number of benzene rings is 2. The van der Waals surface area contributed by atoms with Crippen molar-refractivity contribution in [1.29, 1.82) is 0 Å². The van der Waals surface area contributed by atoms with Gasteiger partial charge in [0.2, 0.25) is 10.0 Å². The van der Waals surface area contributed by atoms with E-state index in [4.69, 9.17) is 28.3 Å². The highest BCUT2D eigenvalue weighted by atomic mass is 35.5. The van der Waals surface area contributed by atoms with Crippen LogP contribution in [0.2, 0.25) is 10.0 Å². The molecule has 1 fully saturated rings. The summed E-state index contributed by atoms with van der Waals surface area (Å²) in [7, 11) is -3.67. The largest absolute Gasteiger partial charge is 0.478 e. The number of halogens is 2. The summed E-state index contributed by atoms with van der Waals surface area (Å²) in [6.07, 6.45) is 2.34. The first-order valence-corrected chi connectivity index (χ1v) is 10.7. The van der Waals surface area contributed by atoms with Crippen LogP contribution in [0, 0.1) is 0 Å². The number of carboxylic acids is 1. The fourth-order valence-corrected chi connectivity index (χ4v) is 4.73. The number of anilines is 1. The van der Waals surface area contributed by atoms with Crippen LogP contribution < -0.4 is 4.90 Å². The molecule has 0 unspecified atom stereocenters. The molecule has 1 aliphatic rings. The van der Waals surface area contributed by atoms with Crippen molar-refractivity contribution in [2.45, 2.75) is 4.90 Å². The minimum Gasteiger partial charge on any atom is -0.478 e. The smallest absolute Gasteiger partial charge is 0.328 e. The lowest BCUT2D eigenvalue weighted by molar-refractivity contribution is -0.131. The third kappa shape index (κ3) is 4.67. The predicted molar refractivity (Wildman–Crippen MR) is 111 cm³/mol. The third-order valence-electron chi connectivity index (χ3n) is 4.42. The first kappa shape index (κ1) is 20.7. The zero-order valence-electron chi connectivity index (χ0n) is 14.8. The maximum atomic E-state index is 12.9. The average molecular weight is 441 g/mol. The quantitative estimate of drug-likeness (QED) is 0.718. The Hall–Kier alpha value is -2.06. The number of sulfonamides is 1. The van der Waals surface area contributed by atoms with E-state index in [0.717, 1.165) is 11.8 Å². The van der Waals surface area contributed by atoms with Crippen molar-refractivity contribution in [3.63, 3.8) is 0 Å². The van der Waals surface area contributed by atoms with Crippen molar-refractivity contribution in [1.82, 2.24) is 4.31 Å². The standard InChI is InChI=1S/C19H18Cl2N2O4S/c20-17-6-5-15(13-18(17)21)22-8-10-23(11-9-22)28(26,27)16-3-1-2-14(12-16)4-7-19(24)25/h1-7,12-13H,8-11H2,(H,24,25). The molecule has 2 aromatic carbocycles. The lowest BCUT2D eigenvalue weighted by atomic mass is 10.2. The van der Waals surface area contributed by atoms with Crippen LogP contribution in [0.3, 0.4) is 0 Å². The third-order valence-corrected chi connectivity index (χ3v) is 7.05. The molecule has 0 radical (unpaired) electrons. The number of piperazine rings is 1. The summed E-state index contributed by atoms with van der Waals surface area (Å²) in [4.78, 5) is 12.9. The summed E-state index contributed by atoms with van der Waals surface area (Å²) in [5.41, 5.74) is 1.41. The van der Waals surface area contributed by atoms with Gasteiger partial charge in [-0.25, -0.2) is 13.2 Å². The van der Waals surface area contributed by atoms with Crippen LogP contribution in [0.4, 0.5) is 5.69 Å². The highest BCUT2D eigenvalue weighted by molar-refractivity contribution is 7.89. The molecule has 0 bridgehead atoms. The minimum absolute atomic E-state index is 0.142. The van der Waals surface area contributed by atoms with Gasteiger partial charge in [-0.15, -0.1) is 0 Å². The number of aliphatic carboxylic acids is 1. The normalized spacial score (nSPS) is 15.9. The van der Waals surface area contributed by atoms with Crippen molar-refractivity contribution in [3.8, 4) is 0 Å². The number of carboxylic acid groups (broad SMARTS) is 1. The van der Waals surface area contributed by atoms with Crippen LogP contribution in [0.15, 0.2) is 53.4 Å². The maximum absolute atomic E-state index is 12.9. The van der Waals surface area contributed by atoms with E-state index in [1.165, 1.54) is 22.5 Å². The van der Waals surface area contributed by atoms with Gasteiger partial charge in [-0.2, -0.15) is 4.31 Å². The molecule has 28 heavy (non-hydrogen) atoms. The second-order valence-corrected chi connectivity index (χ2v) is 8.99. The van der Waals surface area contributed by atoms with Gasteiger partial charge < -0.3 is 10.0 Å². The number of hydrogen-bond donors (Lipinski definition) is 1. The van der Waals surface area contributed by atoms with Gasteiger partial charge in [-0.3, -0.25) is 0 Å². The SMILES string of the molecule is O=C(O)C=Cc1cccc(S(=O)(=O)N2CCN(c3ccc(Cl)c(Cl)c3)CC2)c1. The van der Waals surface area contributed by atoms with Crippen molar-refractivity contribution < 1.29 is 18.3 Å². The van der Waals surface area contributed by atoms with Crippen molar-refractivity contribution in [3.05, 3.63) is 64.1 Å². The Morgan fingerprint density at radius 1 is 1.00 bits per heavy atom. The molecule has 1 N–H and O–H groups in total. The van der Waals surface area contributed by atoms with E-state index in [2.05, 4.69) is 4.90 Å². The van der Waals surface area contributed by atoms with E-state index in [1.807, 2.05) is 6.07 Å². The highest BCUT2D eigenvalue weighted by Gasteiger charge is 2.28. The lowest BCUT2D eigenvalue weighted by Gasteiger charge is -2.35. The van der Waals surface area contributed by atoms with Crippen LogP contribution in [0.1, 0.15) is 5.56 Å². The molecular weight excluding hydrogens is 423 g/mol. The van der Waals surface area contributed by atoms with Crippen molar-refractivity contribution in [2.24, 2.45) is 0 Å². The molecule has 6 nitrogen and oxygen atoms in total. The summed E-state index contributed by atoms with van der Waals surface area (Å²) < 4.78 is 27.3. The molecule has 9 heteroatoms. The fourth-order valence-electron chi connectivity index (χ4n) is 2.96. The van der Waals surface area contributed by atoms with Gasteiger partial charge in [0, 0.05) is 37.9 Å². The maximum Gasteiger partial charge on any atom is 0.328 e. The summed E-state index contributed by atoms with van der Waals surface area (Å²) in [5.74, 6) is -1.09. The van der Waals surface area contributed by atoms with E-state index in [-0.39, 0.29) is 4.90 Å². The second-order valence-electron chi connectivity index (χ2n) is 6.23. The zero-order chi connectivity index (χ0) is 20.3. The molecule has 0 atom stereocenters. The molecule has 148 valence electrons. The molecule has 1 saturated heterocycles. The van der Waals surface area contributed by atoms with E-state index >= 15 is 0 Å². The summed E-state index contributed by atoms with van der Waals surface area (Å²) in [6.45, 7) is 1.71. The molecule has 1 heterocycles. The molecule has 0 spiro atoms. The first-order chi connectivity index (χ1) is 13.3. The molecule has 0 amide bonds. The zero-order valence-corrected chi connectivity index (χ0v) is 17.1. The number of carbonyl (C=O) groups is 1. The van der Waals surface area contributed by atoms with E-state index < -0.39 is 16.0 Å². The number of rotatable bonds is 5. The van der Waals surface area contributed by atoms with Crippen LogP contribution in [-0.4, -0.2) is 50.0 Å². The highest BCUT2D eigenvalue weighted by Crippen LogP contribution is 2.28. The van der Waals surface area contributed by atoms with Gasteiger partial charge in [0.1, 0.15) is 0 Å². The van der Waals surface area contributed by atoms with Crippen LogP contribution >= 0.6 is 23.2 Å². The molecule has 0 aromatic heterocycles. The lowest BCUT2D eigenvalue weighted by Crippen LogP contribution is -2.48.